The highest BCUT2D eigenvalue weighted by Crippen LogP contribution is 2.38. The van der Waals surface area contributed by atoms with E-state index in [0.717, 1.165) is 5.56 Å². The molecule has 34 heavy (non-hydrogen) atoms. The molecule has 9 nitrogen and oxygen atoms in total. The summed E-state index contributed by atoms with van der Waals surface area (Å²) in [5.41, 5.74) is 3.62. The maximum Gasteiger partial charge on any atom is 0.278 e. The van der Waals surface area contributed by atoms with Crippen LogP contribution in [0.4, 0.5) is 5.69 Å². The van der Waals surface area contributed by atoms with Gasteiger partial charge in [-0.2, -0.15) is 0 Å². The Labute approximate surface area is 201 Å². The standard InChI is InChI=1S/C24H24ClN5O4/c1-13-9-10-18(17(25)11-13)26-23(31)21-14(2)30(29-28-21)12-19-15(3)34-24(27-19)16-7-6-8-20(32-4)22(16)33-5/h6-11H,12H2,1-5H3,(H,26,31). The summed E-state index contributed by atoms with van der Waals surface area (Å²) < 4.78 is 18.4. The summed E-state index contributed by atoms with van der Waals surface area (Å²) in [5, 5.41) is 11.4. The second kappa shape index (κ2) is 9.56. The topological polar surface area (TPSA) is 104 Å². The van der Waals surface area contributed by atoms with Crippen LogP contribution in [-0.2, 0) is 6.54 Å². The van der Waals surface area contributed by atoms with Crippen LogP contribution in [0, 0.1) is 20.8 Å². The lowest BCUT2D eigenvalue weighted by Gasteiger charge is -2.10. The SMILES string of the molecule is COc1cccc(-c2nc(Cn3nnc(C(=O)Nc4ccc(C)cc4Cl)c3C)c(C)o2)c1OC. The van der Waals surface area contributed by atoms with Crippen LogP contribution in [0.1, 0.15) is 33.2 Å². The zero-order valence-electron chi connectivity index (χ0n) is 19.5. The number of aryl methyl sites for hydroxylation is 2. The number of benzene rings is 2. The van der Waals surface area contributed by atoms with E-state index in [4.69, 9.17) is 25.5 Å². The third-order valence-electron chi connectivity index (χ3n) is 5.40. The van der Waals surface area contributed by atoms with Crippen LogP contribution < -0.4 is 14.8 Å². The van der Waals surface area contributed by atoms with Crippen LogP contribution in [-0.4, -0.2) is 40.1 Å². The Kier molecular flexibility index (Phi) is 6.56. The summed E-state index contributed by atoms with van der Waals surface area (Å²) in [7, 11) is 3.13. The molecule has 0 aliphatic carbocycles. The molecule has 2 aromatic carbocycles. The lowest BCUT2D eigenvalue weighted by molar-refractivity contribution is 0.102. The molecule has 0 saturated heterocycles. The number of amides is 1. The van der Waals surface area contributed by atoms with E-state index in [9.17, 15) is 4.79 Å². The van der Waals surface area contributed by atoms with Crippen LogP contribution in [0.25, 0.3) is 11.5 Å². The predicted molar refractivity (Wildman–Crippen MR) is 128 cm³/mol. The van der Waals surface area contributed by atoms with Gasteiger partial charge in [-0.3, -0.25) is 4.79 Å². The van der Waals surface area contributed by atoms with E-state index in [0.29, 0.717) is 50.8 Å². The van der Waals surface area contributed by atoms with E-state index in [1.165, 1.54) is 0 Å². The van der Waals surface area contributed by atoms with Gasteiger partial charge in [0, 0.05) is 0 Å². The van der Waals surface area contributed by atoms with Crippen molar-refractivity contribution < 1.29 is 18.7 Å². The van der Waals surface area contributed by atoms with E-state index in [-0.39, 0.29) is 12.2 Å². The van der Waals surface area contributed by atoms with E-state index in [2.05, 4.69) is 20.6 Å². The van der Waals surface area contributed by atoms with Gasteiger partial charge < -0.3 is 19.2 Å². The largest absolute Gasteiger partial charge is 0.493 e. The fraction of sp³-hybridized carbons (Fsp3) is 0.250. The van der Waals surface area contributed by atoms with Crippen molar-refractivity contribution in [2.24, 2.45) is 0 Å². The molecule has 0 atom stereocenters. The molecular formula is C24H24ClN5O4. The second-order valence-corrected chi connectivity index (χ2v) is 8.09. The monoisotopic (exact) mass is 481 g/mol. The third-order valence-corrected chi connectivity index (χ3v) is 5.71. The number of carbonyl (C=O) groups excluding carboxylic acids is 1. The number of nitrogens with zero attached hydrogens (tertiary/aromatic N) is 4. The van der Waals surface area contributed by atoms with Gasteiger partial charge >= 0.3 is 0 Å². The number of hydrogen-bond acceptors (Lipinski definition) is 7. The van der Waals surface area contributed by atoms with Gasteiger partial charge in [-0.1, -0.05) is 28.9 Å². The van der Waals surface area contributed by atoms with Gasteiger partial charge in [-0.25, -0.2) is 9.67 Å². The zero-order chi connectivity index (χ0) is 24.4. The Morgan fingerprint density at radius 2 is 1.94 bits per heavy atom. The average Bonchev–Trinajstić information content (AvgIpc) is 3.37. The number of methoxy groups -OCH3 is 2. The van der Waals surface area contributed by atoms with Crippen molar-refractivity contribution in [3.05, 3.63) is 69.8 Å². The molecule has 0 aliphatic heterocycles. The average molecular weight is 482 g/mol. The lowest BCUT2D eigenvalue weighted by Crippen LogP contribution is -2.15. The number of rotatable bonds is 7. The highest BCUT2D eigenvalue weighted by molar-refractivity contribution is 6.34. The van der Waals surface area contributed by atoms with Gasteiger partial charge in [0.15, 0.2) is 17.2 Å². The number of anilines is 1. The van der Waals surface area contributed by atoms with Crippen LogP contribution in [0.2, 0.25) is 5.02 Å². The number of hydrogen-bond donors (Lipinski definition) is 1. The Morgan fingerprint density at radius 3 is 2.65 bits per heavy atom. The molecule has 1 N–H and O–H groups in total. The highest BCUT2D eigenvalue weighted by Gasteiger charge is 2.21. The molecular weight excluding hydrogens is 458 g/mol. The van der Waals surface area contributed by atoms with E-state index >= 15 is 0 Å². The van der Waals surface area contributed by atoms with Crippen molar-refractivity contribution in [1.29, 1.82) is 0 Å². The summed E-state index contributed by atoms with van der Waals surface area (Å²) >= 11 is 6.23. The molecule has 176 valence electrons. The van der Waals surface area contributed by atoms with Gasteiger partial charge in [0.1, 0.15) is 11.5 Å². The van der Waals surface area contributed by atoms with Gasteiger partial charge in [0.05, 0.1) is 42.7 Å². The quantitative estimate of drug-likeness (QED) is 0.403. The first-order valence-corrected chi connectivity index (χ1v) is 10.9. The summed E-state index contributed by atoms with van der Waals surface area (Å²) in [6.07, 6.45) is 0. The van der Waals surface area contributed by atoms with Gasteiger partial charge in [-0.15, -0.1) is 5.10 Å². The van der Waals surface area contributed by atoms with E-state index in [1.807, 2.05) is 32.0 Å². The number of halogens is 1. The predicted octanol–water partition coefficient (Wildman–Crippen LogP) is 4.83. The van der Waals surface area contributed by atoms with E-state index < -0.39 is 5.91 Å². The Balaban J connectivity index is 1.57. The van der Waals surface area contributed by atoms with Crippen molar-refractivity contribution in [1.82, 2.24) is 20.0 Å². The maximum atomic E-state index is 12.8. The van der Waals surface area contributed by atoms with Gasteiger partial charge in [0.2, 0.25) is 5.89 Å². The lowest BCUT2D eigenvalue weighted by atomic mass is 10.2. The minimum Gasteiger partial charge on any atom is -0.493 e. The van der Waals surface area contributed by atoms with Crippen molar-refractivity contribution in [3.8, 4) is 23.0 Å². The minimum absolute atomic E-state index is 0.201. The van der Waals surface area contributed by atoms with Crippen LogP contribution in [0.15, 0.2) is 40.8 Å². The summed E-state index contributed by atoms with van der Waals surface area (Å²) in [6.45, 7) is 5.79. The van der Waals surface area contributed by atoms with Crippen molar-refractivity contribution >= 4 is 23.2 Å². The number of nitrogens with one attached hydrogen (secondary N) is 1. The Bertz CT molecular complexity index is 1360. The summed E-state index contributed by atoms with van der Waals surface area (Å²) in [4.78, 5) is 17.4. The molecule has 1 amide bonds. The number of oxazole rings is 1. The number of aromatic nitrogens is 4. The molecule has 2 heterocycles. The molecule has 0 spiro atoms. The Hall–Kier alpha value is -3.85. The Morgan fingerprint density at radius 1 is 1.15 bits per heavy atom. The molecule has 0 bridgehead atoms. The van der Waals surface area contributed by atoms with Crippen molar-refractivity contribution in [3.63, 3.8) is 0 Å². The fourth-order valence-electron chi connectivity index (χ4n) is 3.51. The molecule has 10 heteroatoms. The smallest absolute Gasteiger partial charge is 0.278 e. The third kappa shape index (κ3) is 4.47. The number of ether oxygens (including phenoxy) is 2. The maximum absolute atomic E-state index is 12.8. The van der Waals surface area contributed by atoms with E-state index in [1.54, 1.807) is 44.0 Å². The number of para-hydroxylation sites is 1. The van der Waals surface area contributed by atoms with Crippen molar-refractivity contribution in [2.45, 2.75) is 27.3 Å². The van der Waals surface area contributed by atoms with Gasteiger partial charge in [-0.05, 0) is 50.6 Å². The molecule has 2 aromatic heterocycles. The zero-order valence-corrected chi connectivity index (χ0v) is 20.2. The number of carbonyl (C=O) groups is 1. The first kappa shape index (κ1) is 23.3. The normalized spacial score (nSPS) is 10.9. The first-order valence-electron chi connectivity index (χ1n) is 10.5. The molecule has 4 rings (SSSR count). The molecule has 0 aliphatic rings. The first-order chi connectivity index (χ1) is 16.3. The molecule has 0 radical (unpaired) electrons. The van der Waals surface area contributed by atoms with Crippen molar-refractivity contribution in [2.75, 3.05) is 19.5 Å². The second-order valence-electron chi connectivity index (χ2n) is 7.68. The minimum atomic E-state index is -0.395. The summed E-state index contributed by atoms with van der Waals surface area (Å²) in [6, 6.07) is 10.9. The summed E-state index contributed by atoms with van der Waals surface area (Å²) in [5.74, 6) is 1.73. The van der Waals surface area contributed by atoms with Gasteiger partial charge in [0.25, 0.3) is 5.91 Å². The van der Waals surface area contributed by atoms with Crippen LogP contribution in [0.3, 0.4) is 0 Å². The highest BCUT2D eigenvalue weighted by atomic mass is 35.5. The molecule has 0 fully saturated rings. The fourth-order valence-corrected chi connectivity index (χ4v) is 3.79. The van der Waals surface area contributed by atoms with Crippen LogP contribution in [0.5, 0.6) is 11.5 Å². The molecule has 0 unspecified atom stereocenters. The molecule has 4 aromatic rings. The van der Waals surface area contributed by atoms with Crippen LogP contribution >= 0.6 is 11.6 Å². The molecule has 0 saturated carbocycles.